The largest absolute Gasteiger partial charge is 0.481 e. The lowest BCUT2D eigenvalue weighted by Crippen LogP contribution is -2.59. The van der Waals surface area contributed by atoms with E-state index in [2.05, 4.69) is 39.2 Å². The van der Waals surface area contributed by atoms with Gasteiger partial charge in [-0.05, 0) is 24.3 Å². The summed E-state index contributed by atoms with van der Waals surface area (Å²) in [6.45, 7) is 2.95. The molecule has 0 saturated heterocycles. The number of carbonyl (C=O) groups is 10. The number of nitrogens with one attached hydrogen (secondary N) is 6. The molecule has 55 heavy (non-hydrogen) atoms. The number of thiol groups is 1. The normalized spacial score (nSPS) is 14.1. The van der Waals surface area contributed by atoms with Gasteiger partial charge in [0.15, 0.2) is 0 Å². The minimum absolute atomic E-state index is 0.0226. The van der Waals surface area contributed by atoms with Crippen LogP contribution in [0.25, 0.3) is 0 Å². The van der Waals surface area contributed by atoms with E-state index in [-0.39, 0.29) is 12.3 Å². The van der Waals surface area contributed by atoms with Gasteiger partial charge in [-0.25, -0.2) is 4.79 Å². The first-order valence-electron chi connectivity index (χ1n) is 16.9. The molecule has 0 heterocycles. The number of hydrogen-bond donors (Lipinski definition) is 12. The Bertz CT molecular complexity index is 1560. The van der Waals surface area contributed by atoms with Crippen molar-refractivity contribution in [2.45, 2.75) is 88.6 Å². The molecule has 0 saturated carbocycles. The maximum absolute atomic E-state index is 13.2. The minimum atomic E-state index is -1.93. The van der Waals surface area contributed by atoms with Crippen molar-refractivity contribution in [3.8, 4) is 0 Å². The SMILES string of the molecule is CC(C)C[C@H](N)C(=O)N[C@@H](Cc1ccccc1)C(=O)NCC(=O)N[C@@H](CC(N)=O)C(=O)N[C@@H](CC(=O)O)C(=O)N[C@@H](CS)C(=O)N[C@@H](CCC(=O)O)C(=O)O. The standard InChI is InChI=1S/C33H48N8O13S/c1-16(2)10-18(34)28(48)39-20(11-17-6-4-3-5-7-17)29(49)36-14-25(43)37-21(12-24(35)42)30(50)40-22(13-27(46)47)31(51)41-23(15-55)32(52)38-19(33(53)54)8-9-26(44)45/h3-7,16,18-23,55H,8-15,34H2,1-2H3,(H2,35,42)(H,36,49)(H,37,43)(H,38,52)(H,39,48)(H,40,50)(H,41,51)(H,44,45)(H,46,47)(H,53,54)/t18-,19-,20-,21-,22-,23-/m0/s1. The van der Waals surface area contributed by atoms with Crippen LogP contribution in [0.3, 0.4) is 0 Å². The van der Waals surface area contributed by atoms with Crippen LogP contribution in [0.15, 0.2) is 30.3 Å². The fraction of sp³-hybridized carbons (Fsp3) is 0.515. The van der Waals surface area contributed by atoms with Crippen LogP contribution in [0.1, 0.15) is 51.5 Å². The summed E-state index contributed by atoms with van der Waals surface area (Å²) in [7, 11) is 0. The summed E-state index contributed by atoms with van der Waals surface area (Å²) in [4.78, 5) is 123. The van der Waals surface area contributed by atoms with E-state index in [0.717, 1.165) is 0 Å². The average molecular weight is 797 g/mol. The van der Waals surface area contributed by atoms with Gasteiger partial charge >= 0.3 is 17.9 Å². The number of hydrogen-bond acceptors (Lipinski definition) is 12. The summed E-state index contributed by atoms with van der Waals surface area (Å²) in [6, 6.07) is -0.469. The molecule has 0 fully saturated rings. The Hall–Kier alpha value is -5.77. The Morgan fingerprint density at radius 3 is 1.71 bits per heavy atom. The topological polar surface area (TPSA) is 356 Å². The molecule has 304 valence electrons. The third kappa shape index (κ3) is 18.7. The van der Waals surface area contributed by atoms with Crippen molar-refractivity contribution in [1.82, 2.24) is 31.9 Å². The molecule has 0 bridgehead atoms. The molecule has 21 nitrogen and oxygen atoms in total. The zero-order valence-corrected chi connectivity index (χ0v) is 31.0. The van der Waals surface area contributed by atoms with E-state index in [4.69, 9.17) is 16.6 Å². The minimum Gasteiger partial charge on any atom is -0.481 e. The van der Waals surface area contributed by atoms with E-state index in [0.29, 0.717) is 12.0 Å². The fourth-order valence-electron chi connectivity index (χ4n) is 4.82. The van der Waals surface area contributed by atoms with Crippen LogP contribution >= 0.6 is 12.6 Å². The van der Waals surface area contributed by atoms with Crippen molar-refractivity contribution in [3.63, 3.8) is 0 Å². The highest BCUT2D eigenvalue weighted by molar-refractivity contribution is 7.80. The van der Waals surface area contributed by atoms with Crippen LogP contribution in [0, 0.1) is 5.92 Å². The van der Waals surface area contributed by atoms with Crippen LogP contribution in [-0.4, -0.2) is 123 Å². The molecule has 7 amide bonds. The van der Waals surface area contributed by atoms with Gasteiger partial charge in [-0.1, -0.05) is 44.2 Å². The third-order valence-electron chi connectivity index (χ3n) is 7.55. The van der Waals surface area contributed by atoms with E-state index in [9.17, 15) is 58.2 Å². The highest BCUT2D eigenvalue weighted by Gasteiger charge is 2.33. The first-order chi connectivity index (χ1) is 25.7. The lowest BCUT2D eigenvalue weighted by molar-refractivity contribution is -0.144. The molecule has 22 heteroatoms. The highest BCUT2D eigenvalue weighted by atomic mass is 32.1. The lowest BCUT2D eigenvalue weighted by atomic mass is 10.0. The molecule has 6 atom stereocenters. The second kappa shape index (κ2) is 23.8. The second-order valence-corrected chi connectivity index (χ2v) is 13.1. The van der Waals surface area contributed by atoms with E-state index in [1.54, 1.807) is 30.3 Å². The predicted octanol–water partition coefficient (Wildman–Crippen LogP) is -3.63. The number of carboxylic acid groups (broad SMARTS) is 3. The van der Waals surface area contributed by atoms with E-state index in [1.807, 2.05) is 19.2 Å². The van der Waals surface area contributed by atoms with Crippen molar-refractivity contribution in [3.05, 3.63) is 35.9 Å². The molecule has 0 aliphatic heterocycles. The lowest BCUT2D eigenvalue weighted by Gasteiger charge is -2.25. The van der Waals surface area contributed by atoms with Gasteiger partial charge < -0.3 is 58.7 Å². The van der Waals surface area contributed by atoms with Gasteiger partial charge in [-0.3, -0.25) is 43.2 Å². The molecule has 0 aliphatic rings. The van der Waals surface area contributed by atoms with Crippen molar-refractivity contribution in [1.29, 1.82) is 0 Å². The van der Waals surface area contributed by atoms with Crippen LogP contribution in [0.2, 0.25) is 0 Å². The number of nitrogens with two attached hydrogens (primary N) is 2. The van der Waals surface area contributed by atoms with Gasteiger partial charge in [0.05, 0.1) is 25.4 Å². The van der Waals surface area contributed by atoms with Gasteiger partial charge in [0.1, 0.15) is 30.2 Å². The zero-order valence-electron chi connectivity index (χ0n) is 30.1. The number of primary amides is 1. The van der Waals surface area contributed by atoms with E-state index < -0.39 is 133 Å². The van der Waals surface area contributed by atoms with E-state index >= 15 is 0 Å². The number of rotatable bonds is 25. The van der Waals surface area contributed by atoms with Gasteiger partial charge in [0.2, 0.25) is 41.4 Å². The Labute approximate surface area is 320 Å². The summed E-state index contributed by atoms with van der Waals surface area (Å²) in [6.07, 6.45) is -2.68. The molecular weight excluding hydrogens is 748 g/mol. The average Bonchev–Trinajstić information content (AvgIpc) is 3.09. The summed E-state index contributed by atoms with van der Waals surface area (Å²) in [5.74, 6) is -12.1. The molecule has 1 aromatic carbocycles. The molecule has 0 spiro atoms. The molecule has 1 aromatic rings. The summed E-state index contributed by atoms with van der Waals surface area (Å²) in [5, 5.41) is 40.8. The van der Waals surface area contributed by atoms with Crippen molar-refractivity contribution in [2.24, 2.45) is 17.4 Å². The number of benzene rings is 1. The van der Waals surface area contributed by atoms with Gasteiger partial charge in [-0.15, -0.1) is 0 Å². The van der Waals surface area contributed by atoms with Crippen LogP contribution in [0.5, 0.6) is 0 Å². The summed E-state index contributed by atoms with van der Waals surface area (Å²) in [5.41, 5.74) is 11.9. The Balaban J connectivity index is 3.07. The Morgan fingerprint density at radius 1 is 0.673 bits per heavy atom. The number of carbonyl (C=O) groups excluding carboxylic acids is 7. The quantitative estimate of drug-likeness (QED) is 0.0425. The molecular formula is C33H48N8O13S. The summed E-state index contributed by atoms with van der Waals surface area (Å²) < 4.78 is 0. The van der Waals surface area contributed by atoms with Crippen LogP contribution in [-0.2, 0) is 54.4 Å². The van der Waals surface area contributed by atoms with Gasteiger partial charge in [0, 0.05) is 18.6 Å². The number of amides is 7. The monoisotopic (exact) mass is 796 g/mol. The zero-order chi connectivity index (χ0) is 41.8. The Kier molecular flexibility index (Phi) is 20.4. The van der Waals surface area contributed by atoms with Crippen LogP contribution in [0.4, 0.5) is 0 Å². The smallest absolute Gasteiger partial charge is 0.326 e. The maximum Gasteiger partial charge on any atom is 0.326 e. The highest BCUT2D eigenvalue weighted by Crippen LogP contribution is 2.07. The van der Waals surface area contributed by atoms with Crippen LogP contribution < -0.4 is 43.4 Å². The molecule has 0 aromatic heterocycles. The summed E-state index contributed by atoms with van der Waals surface area (Å²) >= 11 is 3.94. The maximum atomic E-state index is 13.2. The molecule has 0 aliphatic carbocycles. The van der Waals surface area contributed by atoms with Gasteiger partial charge in [-0.2, -0.15) is 12.6 Å². The first kappa shape index (κ1) is 47.3. The molecule has 1 rings (SSSR count). The first-order valence-corrected chi connectivity index (χ1v) is 17.5. The second-order valence-electron chi connectivity index (χ2n) is 12.7. The molecule has 0 unspecified atom stereocenters. The number of aliphatic carboxylic acids is 3. The van der Waals surface area contributed by atoms with E-state index in [1.165, 1.54) is 0 Å². The fourth-order valence-corrected chi connectivity index (χ4v) is 5.08. The predicted molar refractivity (Wildman–Crippen MR) is 195 cm³/mol. The third-order valence-corrected chi connectivity index (χ3v) is 7.91. The van der Waals surface area contributed by atoms with Gasteiger partial charge in [0.25, 0.3) is 0 Å². The molecule has 0 radical (unpaired) electrons. The van der Waals surface area contributed by atoms with Crippen molar-refractivity contribution in [2.75, 3.05) is 12.3 Å². The Morgan fingerprint density at radius 2 is 1.20 bits per heavy atom. The van der Waals surface area contributed by atoms with Crippen molar-refractivity contribution >= 4 is 71.9 Å². The molecule has 13 N–H and O–H groups in total. The number of carboxylic acids is 3. The van der Waals surface area contributed by atoms with Crippen molar-refractivity contribution < 1.29 is 63.3 Å².